The van der Waals surface area contributed by atoms with Crippen molar-refractivity contribution < 1.29 is 0 Å². The number of rotatable bonds is 4. The standard InChI is InChI=1S/C13H16N2/c1-4-5-11(3)15-13-7-10(2)6-12(8-13)9-14/h6-8,15H,3-5H2,1-2H3. The van der Waals surface area contributed by atoms with Crippen LogP contribution in [0.4, 0.5) is 5.69 Å². The van der Waals surface area contributed by atoms with Crippen LogP contribution in [0.3, 0.4) is 0 Å². The Hall–Kier alpha value is -1.75. The van der Waals surface area contributed by atoms with Crippen molar-refractivity contribution in [2.75, 3.05) is 5.32 Å². The molecule has 0 aliphatic rings. The molecule has 0 radical (unpaired) electrons. The van der Waals surface area contributed by atoms with Gasteiger partial charge in [0.2, 0.25) is 0 Å². The van der Waals surface area contributed by atoms with Gasteiger partial charge in [-0.25, -0.2) is 0 Å². The summed E-state index contributed by atoms with van der Waals surface area (Å²) in [6.45, 7) is 8.03. The molecule has 0 aliphatic heterocycles. The Morgan fingerprint density at radius 1 is 1.47 bits per heavy atom. The van der Waals surface area contributed by atoms with E-state index in [1.807, 2.05) is 25.1 Å². The summed E-state index contributed by atoms with van der Waals surface area (Å²) >= 11 is 0. The van der Waals surface area contributed by atoms with Crippen molar-refractivity contribution in [1.29, 1.82) is 5.26 Å². The second kappa shape index (κ2) is 5.21. The van der Waals surface area contributed by atoms with Crippen molar-refractivity contribution in [3.05, 3.63) is 41.6 Å². The molecule has 0 atom stereocenters. The summed E-state index contributed by atoms with van der Waals surface area (Å²) in [7, 11) is 0. The summed E-state index contributed by atoms with van der Waals surface area (Å²) in [6, 6.07) is 7.87. The van der Waals surface area contributed by atoms with Gasteiger partial charge in [0.1, 0.15) is 0 Å². The van der Waals surface area contributed by atoms with Crippen molar-refractivity contribution in [2.45, 2.75) is 26.7 Å². The summed E-state index contributed by atoms with van der Waals surface area (Å²) in [4.78, 5) is 0. The summed E-state index contributed by atoms with van der Waals surface area (Å²) in [5, 5.41) is 12.0. The van der Waals surface area contributed by atoms with Crippen LogP contribution in [0, 0.1) is 18.3 Å². The molecule has 78 valence electrons. The van der Waals surface area contributed by atoms with Gasteiger partial charge in [-0.2, -0.15) is 5.26 Å². The fourth-order valence-electron chi connectivity index (χ4n) is 1.49. The molecule has 0 saturated carbocycles. The summed E-state index contributed by atoms with van der Waals surface area (Å²) in [5.74, 6) is 0. The molecule has 1 rings (SSSR count). The van der Waals surface area contributed by atoms with Gasteiger partial charge in [0.15, 0.2) is 0 Å². The average molecular weight is 200 g/mol. The number of nitrogens with zero attached hydrogens (tertiary/aromatic N) is 1. The summed E-state index contributed by atoms with van der Waals surface area (Å²) in [5.41, 5.74) is 3.71. The quantitative estimate of drug-likeness (QED) is 0.806. The molecule has 0 amide bonds. The van der Waals surface area contributed by atoms with E-state index in [2.05, 4.69) is 24.9 Å². The monoisotopic (exact) mass is 200 g/mol. The molecule has 0 bridgehead atoms. The Morgan fingerprint density at radius 2 is 2.20 bits per heavy atom. The number of aryl methyl sites for hydroxylation is 1. The smallest absolute Gasteiger partial charge is 0.0992 e. The Kier molecular flexibility index (Phi) is 3.93. The first-order chi connectivity index (χ1) is 7.15. The van der Waals surface area contributed by atoms with Gasteiger partial charge in [0.05, 0.1) is 11.6 Å². The lowest BCUT2D eigenvalue weighted by Gasteiger charge is -2.09. The lowest BCUT2D eigenvalue weighted by atomic mass is 10.1. The van der Waals surface area contributed by atoms with Gasteiger partial charge < -0.3 is 5.32 Å². The normalized spacial score (nSPS) is 9.40. The number of nitriles is 1. The maximum atomic E-state index is 8.82. The van der Waals surface area contributed by atoms with E-state index in [0.29, 0.717) is 5.56 Å². The largest absolute Gasteiger partial charge is 0.359 e. The van der Waals surface area contributed by atoms with Crippen molar-refractivity contribution in [1.82, 2.24) is 0 Å². The Morgan fingerprint density at radius 3 is 2.80 bits per heavy atom. The van der Waals surface area contributed by atoms with Crippen LogP contribution in [0.2, 0.25) is 0 Å². The molecule has 0 saturated heterocycles. The second-order valence-electron chi connectivity index (χ2n) is 3.68. The maximum Gasteiger partial charge on any atom is 0.0992 e. The number of hydrogen-bond donors (Lipinski definition) is 1. The van der Waals surface area contributed by atoms with Crippen molar-refractivity contribution >= 4 is 5.69 Å². The predicted molar refractivity (Wildman–Crippen MR) is 63.6 cm³/mol. The van der Waals surface area contributed by atoms with E-state index in [0.717, 1.165) is 29.8 Å². The minimum absolute atomic E-state index is 0.682. The number of anilines is 1. The van der Waals surface area contributed by atoms with Gasteiger partial charge in [-0.05, 0) is 37.1 Å². The minimum Gasteiger partial charge on any atom is -0.359 e. The maximum absolute atomic E-state index is 8.82. The Balaban J connectivity index is 2.82. The lowest BCUT2D eigenvalue weighted by molar-refractivity contribution is 0.913. The molecular weight excluding hydrogens is 184 g/mol. The average Bonchev–Trinajstić information content (AvgIpc) is 2.17. The third kappa shape index (κ3) is 3.47. The molecule has 15 heavy (non-hydrogen) atoms. The highest BCUT2D eigenvalue weighted by Crippen LogP contribution is 2.16. The van der Waals surface area contributed by atoms with Gasteiger partial charge in [-0.3, -0.25) is 0 Å². The molecule has 1 aromatic rings. The molecule has 2 heteroatoms. The van der Waals surface area contributed by atoms with Crippen LogP contribution in [0.5, 0.6) is 0 Å². The molecule has 2 nitrogen and oxygen atoms in total. The molecule has 1 aromatic carbocycles. The van der Waals surface area contributed by atoms with Gasteiger partial charge >= 0.3 is 0 Å². The van der Waals surface area contributed by atoms with Crippen molar-refractivity contribution in [3.63, 3.8) is 0 Å². The fraction of sp³-hybridized carbons (Fsp3) is 0.308. The Labute approximate surface area is 91.2 Å². The van der Waals surface area contributed by atoms with Crippen LogP contribution < -0.4 is 5.32 Å². The summed E-state index contributed by atoms with van der Waals surface area (Å²) in [6.07, 6.45) is 2.03. The van der Waals surface area contributed by atoms with Crippen LogP contribution in [0.15, 0.2) is 30.5 Å². The van der Waals surface area contributed by atoms with Crippen LogP contribution >= 0.6 is 0 Å². The van der Waals surface area contributed by atoms with Crippen molar-refractivity contribution in [3.8, 4) is 6.07 Å². The lowest BCUT2D eigenvalue weighted by Crippen LogP contribution is -1.98. The first kappa shape index (κ1) is 11.3. The predicted octanol–water partition coefficient (Wildman–Crippen LogP) is 3.59. The molecule has 0 unspecified atom stereocenters. The SMILES string of the molecule is C=C(CCC)Nc1cc(C)cc(C#N)c1. The molecule has 0 heterocycles. The number of allylic oxidation sites excluding steroid dienone is 1. The van der Waals surface area contributed by atoms with Gasteiger partial charge in [-0.1, -0.05) is 19.9 Å². The first-order valence-corrected chi connectivity index (χ1v) is 5.12. The zero-order valence-electron chi connectivity index (χ0n) is 9.30. The molecule has 0 aromatic heterocycles. The molecule has 1 N–H and O–H groups in total. The number of benzene rings is 1. The first-order valence-electron chi connectivity index (χ1n) is 5.12. The highest BCUT2D eigenvalue weighted by Gasteiger charge is 1.99. The van der Waals surface area contributed by atoms with E-state index in [9.17, 15) is 0 Å². The zero-order chi connectivity index (χ0) is 11.3. The van der Waals surface area contributed by atoms with Gasteiger partial charge in [0.25, 0.3) is 0 Å². The molecular formula is C13H16N2. The third-order valence-electron chi connectivity index (χ3n) is 2.08. The van der Waals surface area contributed by atoms with Crippen LogP contribution in [0.1, 0.15) is 30.9 Å². The second-order valence-corrected chi connectivity index (χ2v) is 3.68. The molecule has 0 fully saturated rings. The van der Waals surface area contributed by atoms with Crippen molar-refractivity contribution in [2.24, 2.45) is 0 Å². The van der Waals surface area contributed by atoms with E-state index in [1.54, 1.807) is 0 Å². The topological polar surface area (TPSA) is 35.8 Å². The third-order valence-corrected chi connectivity index (χ3v) is 2.08. The number of hydrogen-bond acceptors (Lipinski definition) is 2. The Bertz CT molecular complexity index is 399. The van der Waals surface area contributed by atoms with Crippen LogP contribution in [0.25, 0.3) is 0 Å². The van der Waals surface area contributed by atoms with E-state index >= 15 is 0 Å². The minimum atomic E-state index is 0.682. The van der Waals surface area contributed by atoms with E-state index < -0.39 is 0 Å². The van der Waals surface area contributed by atoms with Crippen LogP contribution in [-0.2, 0) is 0 Å². The molecule has 0 spiro atoms. The summed E-state index contributed by atoms with van der Waals surface area (Å²) < 4.78 is 0. The fourth-order valence-corrected chi connectivity index (χ4v) is 1.49. The van der Waals surface area contributed by atoms with E-state index in [4.69, 9.17) is 5.26 Å². The van der Waals surface area contributed by atoms with Gasteiger partial charge in [-0.15, -0.1) is 0 Å². The number of nitrogens with one attached hydrogen (secondary N) is 1. The van der Waals surface area contributed by atoms with Crippen LogP contribution in [-0.4, -0.2) is 0 Å². The van der Waals surface area contributed by atoms with E-state index in [1.165, 1.54) is 0 Å². The highest BCUT2D eigenvalue weighted by atomic mass is 14.9. The molecule has 0 aliphatic carbocycles. The van der Waals surface area contributed by atoms with E-state index in [-0.39, 0.29) is 0 Å². The van der Waals surface area contributed by atoms with Gasteiger partial charge in [0, 0.05) is 11.4 Å². The zero-order valence-corrected chi connectivity index (χ0v) is 9.30. The highest BCUT2D eigenvalue weighted by molar-refractivity contribution is 5.54.